The first kappa shape index (κ1) is 15.0. The lowest BCUT2D eigenvalue weighted by Crippen LogP contribution is -2.40. The molecule has 0 unspecified atom stereocenters. The maximum atomic E-state index is 12.0. The number of aromatic carboxylic acids is 1. The van der Waals surface area contributed by atoms with Crippen LogP contribution in [-0.4, -0.2) is 39.1 Å². The molecular formula is C14H20N2O3S. The number of thioether (sulfide) groups is 1. The lowest BCUT2D eigenvalue weighted by atomic mass is 10.1. The van der Waals surface area contributed by atoms with Crippen molar-refractivity contribution >= 4 is 23.6 Å². The summed E-state index contributed by atoms with van der Waals surface area (Å²) in [5, 5.41) is 11.9. The van der Waals surface area contributed by atoms with E-state index >= 15 is 0 Å². The SMILES string of the molecule is CSC1(CNC(=O)Cn2cccc2C(=O)O)CCCC1. The van der Waals surface area contributed by atoms with E-state index in [2.05, 4.69) is 11.6 Å². The highest BCUT2D eigenvalue weighted by atomic mass is 32.2. The minimum absolute atomic E-state index is 0.0547. The Kier molecular flexibility index (Phi) is 4.75. The molecule has 0 radical (unpaired) electrons. The number of carboxylic acid groups (broad SMARTS) is 1. The first-order valence-corrected chi connectivity index (χ1v) is 7.99. The van der Waals surface area contributed by atoms with E-state index in [9.17, 15) is 9.59 Å². The van der Waals surface area contributed by atoms with Gasteiger partial charge in [0, 0.05) is 17.5 Å². The second-order valence-corrected chi connectivity index (χ2v) is 6.47. The third-order valence-electron chi connectivity index (χ3n) is 3.92. The normalized spacial score (nSPS) is 17.1. The Hall–Kier alpha value is -1.43. The van der Waals surface area contributed by atoms with Gasteiger partial charge in [0.1, 0.15) is 12.2 Å². The molecule has 0 bridgehead atoms. The molecule has 20 heavy (non-hydrogen) atoms. The van der Waals surface area contributed by atoms with Crippen LogP contribution in [0.25, 0.3) is 0 Å². The number of nitrogens with one attached hydrogen (secondary N) is 1. The summed E-state index contributed by atoms with van der Waals surface area (Å²) in [6.45, 7) is 0.718. The van der Waals surface area contributed by atoms with E-state index in [4.69, 9.17) is 5.11 Å². The molecule has 0 aliphatic heterocycles. The molecule has 0 atom stereocenters. The second kappa shape index (κ2) is 6.35. The number of rotatable bonds is 6. The van der Waals surface area contributed by atoms with Crippen LogP contribution in [-0.2, 0) is 11.3 Å². The molecule has 0 spiro atoms. The molecule has 6 heteroatoms. The summed E-state index contributed by atoms with van der Waals surface area (Å²) in [4.78, 5) is 22.9. The van der Waals surface area contributed by atoms with Crippen LogP contribution in [0.2, 0.25) is 0 Å². The minimum atomic E-state index is -1.01. The number of hydrogen-bond acceptors (Lipinski definition) is 3. The number of aromatic nitrogens is 1. The lowest BCUT2D eigenvalue weighted by Gasteiger charge is -2.27. The molecule has 110 valence electrons. The van der Waals surface area contributed by atoms with Crippen molar-refractivity contribution in [1.29, 1.82) is 0 Å². The van der Waals surface area contributed by atoms with Gasteiger partial charge >= 0.3 is 5.97 Å². The fourth-order valence-electron chi connectivity index (χ4n) is 2.69. The van der Waals surface area contributed by atoms with Crippen LogP contribution in [0.4, 0.5) is 0 Å². The van der Waals surface area contributed by atoms with E-state index < -0.39 is 5.97 Å². The second-order valence-electron chi connectivity index (χ2n) is 5.20. The van der Waals surface area contributed by atoms with Gasteiger partial charge in [0.05, 0.1) is 0 Å². The van der Waals surface area contributed by atoms with E-state index in [1.807, 2.05) is 11.8 Å². The zero-order valence-corrected chi connectivity index (χ0v) is 12.4. The summed E-state index contributed by atoms with van der Waals surface area (Å²) >= 11 is 1.82. The maximum Gasteiger partial charge on any atom is 0.352 e. The van der Waals surface area contributed by atoms with Gasteiger partial charge in [-0.3, -0.25) is 4.79 Å². The Labute approximate surface area is 122 Å². The van der Waals surface area contributed by atoms with E-state index in [1.165, 1.54) is 23.5 Å². The van der Waals surface area contributed by atoms with E-state index in [-0.39, 0.29) is 22.9 Å². The largest absolute Gasteiger partial charge is 0.477 e. The third kappa shape index (κ3) is 3.36. The van der Waals surface area contributed by atoms with Gasteiger partial charge in [-0.15, -0.1) is 0 Å². The predicted octanol–water partition coefficient (Wildman–Crippen LogP) is 1.98. The molecule has 1 aromatic rings. The van der Waals surface area contributed by atoms with Crippen LogP contribution >= 0.6 is 11.8 Å². The molecule has 1 amide bonds. The van der Waals surface area contributed by atoms with E-state index in [0.29, 0.717) is 6.54 Å². The monoisotopic (exact) mass is 296 g/mol. The van der Waals surface area contributed by atoms with Gasteiger partial charge in [-0.2, -0.15) is 11.8 Å². The molecule has 2 N–H and O–H groups in total. The Bertz CT molecular complexity index is 492. The molecule has 0 aromatic carbocycles. The zero-order chi connectivity index (χ0) is 14.6. The molecular weight excluding hydrogens is 276 g/mol. The predicted molar refractivity (Wildman–Crippen MR) is 79.1 cm³/mol. The van der Waals surface area contributed by atoms with Gasteiger partial charge in [-0.25, -0.2) is 4.79 Å². The van der Waals surface area contributed by atoms with Crippen molar-refractivity contribution in [1.82, 2.24) is 9.88 Å². The number of nitrogens with zero attached hydrogens (tertiary/aromatic N) is 1. The van der Waals surface area contributed by atoms with Crippen LogP contribution in [0.5, 0.6) is 0 Å². The van der Waals surface area contributed by atoms with Gasteiger partial charge in [0.15, 0.2) is 0 Å². The summed E-state index contributed by atoms with van der Waals surface area (Å²) in [6.07, 6.45) is 8.42. The van der Waals surface area contributed by atoms with Gasteiger partial charge in [-0.1, -0.05) is 12.8 Å². The fraction of sp³-hybridized carbons (Fsp3) is 0.571. The average Bonchev–Trinajstić information content (AvgIpc) is 3.05. The van der Waals surface area contributed by atoms with Crippen molar-refractivity contribution in [3.05, 3.63) is 24.0 Å². The molecule has 1 aromatic heterocycles. The number of carbonyl (C=O) groups is 2. The molecule has 1 saturated carbocycles. The number of carbonyl (C=O) groups excluding carboxylic acids is 1. The minimum Gasteiger partial charge on any atom is -0.477 e. The summed E-state index contributed by atoms with van der Waals surface area (Å²) < 4.78 is 1.63. The fourth-order valence-corrected chi connectivity index (χ4v) is 3.60. The van der Waals surface area contributed by atoms with Crippen molar-refractivity contribution in [2.45, 2.75) is 37.0 Å². The highest BCUT2D eigenvalue weighted by Crippen LogP contribution is 2.39. The van der Waals surface area contributed by atoms with Gasteiger partial charge < -0.3 is 15.0 Å². The Morgan fingerprint density at radius 3 is 2.75 bits per heavy atom. The van der Waals surface area contributed by atoms with Gasteiger partial charge in [-0.05, 0) is 31.2 Å². The van der Waals surface area contributed by atoms with Crippen LogP contribution in [0.3, 0.4) is 0 Å². The molecule has 1 aliphatic rings. The zero-order valence-electron chi connectivity index (χ0n) is 11.6. The van der Waals surface area contributed by atoms with Crippen molar-refractivity contribution in [3.8, 4) is 0 Å². The van der Waals surface area contributed by atoms with Crippen LogP contribution in [0, 0.1) is 0 Å². The highest BCUT2D eigenvalue weighted by molar-refractivity contribution is 8.00. The quantitative estimate of drug-likeness (QED) is 0.842. The Balaban J connectivity index is 1.89. The van der Waals surface area contributed by atoms with Gasteiger partial charge in [0.2, 0.25) is 5.91 Å². The molecule has 1 heterocycles. The van der Waals surface area contributed by atoms with Gasteiger partial charge in [0.25, 0.3) is 0 Å². The maximum absolute atomic E-state index is 12.0. The first-order chi connectivity index (χ1) is 9.56. The summed E-state index contributed by atoms with van der Waals surface area (Å²) in [6, 6.07) is 3.13. The van der Waals surface area contributed by atoms with Crippen molar-refractivity contribution in [3.63, 3.8) is 0 Å². The smallest absolute Gasteiger partial charge is 0.352 e. The number of carboxylic acids is 1. The third-order valence-corrected chi connectivity index (χ3v) is 5.34. The Morgan fingerprint density at radius 2 is 2.15 bits per heavy atom. The standard InChI is InChI=1S/C14H20N2O3S/c1-20-14(6-2-3-7-14)10-15-12(17)9-16-8-4-5-11(16)13(18)19/h4-5,8H,2-3,6-7,9-10H2,1H3,(H,15,17)(H,18,19). The molecule has 1 aliphatic carbocycles. The van der Waals surface area contributed by atoms with Crippen LogP contribution < -0.4 is 5.32 Å². The van der Waals surface area contributed by atoms with Crippen LogP contribution in [0.1, 0.15) is 36.2 Å². The van der Waals surface area contributed by atoms with Crippen LogP contribution in [0.15, 0.2) is 18.3 Å². The van der Waals surface area contributed by atoms with E-state index in [1.54, 1.807) is 12.3 Å². The molecule has 2 rings (SSSR count). The summed E-state index contributed by atoms with van der Waals surface area (Å²) in [7, 11) is 0. The molecule has 5 nitrogen and oxygen atoms in total. The van der Waals surface area contributed by atoms with E-state index in [0.717, 1.165) is 12.8 Å². The molecule has 1 fully saturated rings. The van der Waals surface area contributed by atoms with Crippen molar-refractivity contribution in [2.75, 3.05) is 12.8 Å². The topological polar surface area (TPSA) is 71.3 Å². The number of hydrogen-bond donors (Lipinski definition) is 2. The number of amides is 1. The summed E-state index contributed by atoms with van der Waals surface area (Å²) in [5.41, 5.74) is 0.139. The van der Waals surface area contributed by atoms with Crippen molar-refractivity contribution < 1.29 is 14.7 Å². The highest BCUT2D eigenvalue weighted by Gasteiger charge is 2.33. The molecule has 0 saturated heterocycles. The average molecular weight is 296 g/mol. The first-order valence-electron chi connectivity index (χ1n) is 6.77. The lowest BCUT2D eigenvalue weighted by molar-refractivity contribution is -0.121. The Morgan fingerprint density at radius 1 is 1.45 bits per heavy atom. The summed E-state index contributed by atoms with van der Waals surface area (Å²) in [5.74, 6) is -1.15. The van der Waals surface area contributed by atoms with Crippen molar-refractivity contribution in [2.24, 2.45) is 0 Å².